The van der Waals surface area contributed by atoms with Crippen LogP contribution in [-0.2, 0) is 11.3 Å². The molecular weight excluding hydrogens is 415 g/mol. The van der Waals surface area contributed by atoms with Crippen molar-refractivity contribution in [2.24, 2.45) is 0 Å². The average Bonchev–Trinajstić information content (AvgIpc) is 3.27. The molecule has 1 amide bonds. The number of anilines is 1. The molecule has 1 fully saturated rings. The highest BCUT2D eigenvalue weighted by Crippen LogP contribution is 2.32. The molecule has 3 heterocycles. The summed E-state index contributed by atoms with van der Waals surface area (Å²) in [6.07, 6.45) is 1.53. The van der Waals surface area contributed by atoms with Gasteiger partial charge in [0.15, 0.2) is 5.76 Å². The van der Waals surface area contributed by atoms with Gasteiger partial charge in [-0.3, -0.25) is 9.59 Å². The summed E-state index contributed by atoms with van der Waals surface area (Å²) in [5.41, 5.74) is 1.02. The molecule has 1 aliphatic heterocycles. The number of nitrogens with zero attached hydrogens (tertiary/aromatic N) is 4. The van der Waals surface area contributed by atoms with Crippen LogP contribution in [0.15, 0.2) is 57.9 Å². The van der Waals surface area contributed by atoms with E-state index in [1.807, 2.05) is 12.1 Å². The minimum absolute atomic E-state index is 0.120. The van der Waals surface area contributed by atoms with Crippen molar-refractivity contribution in [2.45, 2.75) is 6.54 Å². The normalized spacial score (nSPS) is 14.3. The predicted octanol–water partition coefficient (Wildman–Crippen LogP) is 3.16. The molecule has 0 N–H and O–H groups in total. The Balaban J connectivity index is 1.42. The van der Waals surface area contributed by atoms with Crippen LogP contribution >= 0.6 is 23.2 Å². The molecule has 1 aromatic carbocycles. The highest BCUT2D eigenvalue weighted by Gasteiger charge is 2.23. The Bertz CT molecular complexity index is 1070. The molecule has 4 rings (SSSR count). The van der Waals surface area contributed by atoms with Crippen LogP contribution < -0.4 is 10.5 Å². The van der Waals surface area contributed by atoms with Crippen molar-refractivity contribution in [1.29, 1.82) is 0 Å². The monoisotopic (exact) mass is 432 g/mol. The van der Waals surface area contributed by atoms with Crippen molar-refractivity contribution in [3.8, 4) is 11.5 Å². The van der Waals surface area contributed by atoms with E-state index in [0.29, 0.717) is 47.7 Å². The van der Waals surface area contributed by atoms with Crippen molar-refractivity contribution < 1.29 is 9.21 Å². The summed E-state index contributed by atoms with van der Waals surface area (Å²) in [5, 5.41) is 5.27. The first kappa shape index (κ1) is 19.5. The van der Waals surface area contributed by atoms with Gasteiger partial charge in [-0.15, -0.1) is 0 Å². The molecule has 3 aromatic rings. The Labute approximate surface area is 177 Å². The van der Waals surface area contributed by atoms with Crippen molar-refractivity contribution in [3.05, 3.63) is 69.1 Å². The number of furan rings is 1. The number of halogens is 2. The zero-order chi connectivity index (χ0) is 20.4. The van der Waals surface area contributed by atoms with Crippen LogP contribution in [0.3, 0.4) is 0 Å². The first-order valence-corrected chi connectivity index (χ1v) is 9.87. The van der Waals surface area contributed by atoms with Gasteiger partial charge in [0.25, 0.3) is 5.56 Å². The molecule has 9 heteroatoms. The van der Waals surface area contributed by atoms with E-state index in [9.17, 15) is 9.59 Å². The van der Waals surface area contributed by atoms with Gasteiger partial charge in [-0.2, -0.15) is 5.10 Å². The molecule has 0 bridgehead atoms. The molecule has 150 valence electrons. The molecular formula is C20H18Cl2N4O3. The van der Waals surface area contributed by atoms with Crippen LogP contribution in [0.2, 0.25) is 10.0 Å². The van der Waals surface area contributed by atoms with Crippen molar-refractivity contribution >= 4 is 34.8 Å². The number of rotatable bonds is 4. The van der Waals surface area contributed by atoms with Gasteiger partial charge in [0.2, 0.25) is 5.91 Å². The zero-order valence-corrected chi connectivity index (χ0v) is 16.9. The lowest BCUT2D eigenvalue weighted by atomic mass is 10.2. The summed E-state index contributed by atoms with van der Waals surface area (Å²) in [4.78, 5) is 28.7. The van der Waals surface area contributed by atoms with Gasteiger partial charge in [-0.1, -0.05) is 29.3 Å². The van der Waals surface area contributed by atoms with Crippen molar-refractivity contribution in [1.82, 2.24) is 14.7 Å². The minimum atomic E-state index is -0.335. The van der Waals surface area contributed by atoms with E-state index in [1.165, 1.54) is 17.0 Å². The fraction of sp³-hybridized carbons (Fsp3) is 0.250. The zero-order valence-electron chi connectivity index (χ0n) is 15.4. The lowest BCUT2D eigenvalue weighted by molar-refractivity contribution is -0.132. The van der Waals surface area contributed by atoms with Gasteiger partial charge in [-0.25, -0.2) is 4.68 Å². The summed E-state index contributed by atoms with van der Waals surface area (Å²) >= 11 is 12.4. The second-order valence-corrected chi connectivity index (χ2v) is 7.42. The Morgan fingerprint density at radius 2 is 1.83 bits per heavy atom. The number of carbonyl (C=O) groups excluding carboxylic acids is 1. The first-order valence-electron chi connectivity index (χ1n) is 9.12. The lowest BCUT2D eigenvalue weighted by Gasteiger charge is -2.36. The second-order valence-electron chi connectivity index (χ2n) is 6.63. The van der Waals surface area contributed by atoms with Crippen LogP contribution in [0.4, 0.5) is 5.69 Å². The number of hydrogen-bond donors (Lipinski definition) is 0. The van der Waals surface area contributed by atoms with E-state index in [-0.39, 0.29) is 18.0 Å². The molecule has 0 aliphatic carbocycles. The fourth-order valence-electron chi connectivity index (χ4n) is 3.28. The van der Waals surface area contributed by atoms with Gasteiger partial charge < -0.3 is 14.2 Å². The average molecular weight is 433 g/mol. The Morgan fingerprint density at radius 3 is 2.55 bits per heavy atom. The highest BCUT2D eigenvalue weighted by molar-refractivity contribution is 6.43. The lowest BCUT2D eigenvalue weighted by Crippen LogP contribution is -2.50. The number of amides is 1. The molecule has 0 unspecified atom stereocenters. The fourth-order valence-corrected chi connectivity index (χ4v) is 3.69. The molecule has 29 heavy (non-hydrogen) atoms. The van der Waals surface area contributed by atoms with Gasteiger partial charge >= 0.3 is 0 Å². The van der Waals surface area contributed by atoms with Crippen LogP contribution in [0.5, 0.6) is 0 Å². The van der Waals surface area contributed by atoms with Crippen molar-refractivity contribution in [2.75, 3.05) is 31.1 Å². The molecule has 0 saturated carbocycles. The number of carbonyl (C=O) groups is 1. The quantitative estimate of drug-likeness (QED) is 0.632. The van der Waals surface area contributed by atoms with Crippen LogP contribution in [-0.4, -0.2) is 46.8 Å². The summed E-state index contributed by atoms with van der Waals surface area (Å²) < 4.78 is 6.48. The number of hydrogen-bond acceptors (Lipinski definition) is 5. The molecule has 0 radical (unpaired) electrons. The third kappa shape index (κ3) is 4.16. The summed E-state index contributed by atoms with van der Waals surface area (Å²) in [6.45, 7) is 2.18. The largest absolute Gasteiger partial charge is 0.463 e. The summed E-state index contributed by atoms with van der Waals surface area (Å²) in [5.74, 6) is 0.381. The van der Waals surface area contributed by atoms with E-state index in [0.717, 1.165) is 5.69 Å². The van der Waals surface area contributed by atoms with Crippen LogP contribution in [0, 0.1) is 0 Å². The third-order valence-electron chi connectivity index (χ3n) is 4.83. The maximum atomic E-state index is 12.7. The standard InChI is InChI=1S/C20H18Cl2N4O3/c21-14-3-1-4-16(20(14)22)24-8-10-25(11-9-24)19(28)13-26-18(27)7-6-15(23-26)17-5-2-12-29-17/h1-7,12H,8-11,13H2. The van der Waals surface area contributed by atoms with E-state index >= 15 is 0 Å². The van der Waals surface area contributed by atoms with Crippen LogP contribution in [0.1, 0.15) is 0 Å². The topological polar surface area (TPSA) is 71.6 Å². The van der Waals surface area contributed by atoms with E-state index in [4.69, 9.17) is 27.6 Å². The predicted molar refractivity (Wildman–Crippen MR) is 111 cm³/mol. The second kappa shape index (κ2) is 8.31. The Hall–Kier alpha value is -2.77. The minimum Gasteiger partial charge on any atom is -0.463 e. The third-order valence-corrected chi connectivity index (χ3v) is 5.64. The number of piperazine rings is 1. The van der Waals surface area contributed by atoms with Gasteiger partial charge in [0.1, 0.15) is 12.2 Å². The van der Waals surface area contributed by atoms with E-state index < -0.39 is 0 Å². The summed E-state index contributed by atoms with van der Waals surface area (Å²) in [6, 6.07) is 12.0. The highest BCUT2D eigenvalue weighted by atomic mass is 35.5. The van der Waals surface area contributed by atoms with E-state index in [2.05, 4.69) is 10.00 Å². The smallest absolute Gasteiger partial charge is 0.267 e. The molecule has 1 saturated heterocycles. The summed E-state index contributed by atoms with van der Waals surface area (Å²) in [7, 11) is 0. The van der Waals surface area contributed by atoms with Crippen LogP contribution in [0.25, 0.3) is 11.5 Å². The molecule has 7 nitrogen and oxygen atoms in total. The van der Waals surface area contributed by atoms with E-state index in [1.54, 1.807) is 29.2 Å². The first-order chi connectivity index (χ1) is 14.0. The Kier molecular flexibility index (Phi) is 5.60. The number of aromatic nitrogens is 2. The molecule has 2 aromatic heterocycles. The van der Waals surface area contributed by atoms with Gasteiger partial charge in [-0.05, 0) is 30.3 Å². The maximum Gasteiger partial charge on any atom is 0.267 e. The van der Waals surface area contributed by atoms with Crippen molar-refractivity contribution in [3.63, 3.8) is 0 Å². The maximum absolute atomic E-state index is 12.7. The molecule has 1 aliphatic rings. The number of benzene rings is 1. The molecule has 0 spiro atoms. The Morgan fingerprint density at radius 1 is 1.03 bits per heavy atom. The van der Waals surface area contributed by atoms with Gasteiger partial charge in [0, 0.05) is 32.2 Å². The van der Waals surface area contributed by atoms with Gasteiger partial charge in [0.05, 0.1) is 22.0 Å². The SMILES string of the molecule is O=C(Cn1nc(-c2ccco2)ccc1=O)N1CCN(c2cccc(Cl)c2Cl)CC1. The molecule has 0 atom stereocenters.